The second-order valence-corrected chi connectivity index (χ2v) is 8.12. The van der Waals surface area contributed by atoms with Crippen molar-refractivity contribution >= 4 is 33.2 Å². The van der Waals surface area contributed by atoms with Gasteiger partial charge in [0, 0.05) is 16.1 Å². The zero-order chi connectivity index (χ0) is 15.5. The predicted molar refractivity (Wildman–Crippen MR) is 87.4 cm³/mol. The van der Waals surface area contributed by atoms with Crippen molar-refractivity contribution < 1.29 is 8.42 Å². The van der Waals surface area contributed by atoms with E-state index in [1.54, 1.807) is 25.1 Å². The standard InChI is InChI=1S/C14H20Cl2N2O2S/c1-10(13-3-2-12(15)8-14(13)16)18-21(19,20)9-11-4-6-17-7-5-11/h2-3,8,10-11,17-18H,4-7,9H2,1H3. The molecule has 0 amide bonds. The summed E-state index contributed by atoms with van der Waals surface area (Å²) in [6, 6.07) is 4.71. The lowest BCUT2D eigenvalue weighted by molar-refractivity contribution is 0.399. The molecule has 4 nitrogen and oxygen atoms in total. The maximum atomic E-state index is 12.3. The van der Waals surface area contributed by atoms with Crippen LogP contribution in [0.3, 0.4) is 0 Å². The van der Waals surface area contributed by atoms with Gasteiger partial charge in [0.25, 0.3) is 0 Å². The molecule has 0 radical (unpaired) electrons. The molecule has 1 aliphatic heterocycles. The normalized spacial score (nSPS) is 18.6. The van der Waals surface area contributed by atoms with E-state index in [2.05, 4.69) is 10.0 Å². The molecule has 1 unspecified atom stereocenters. The molecule has 2 N–H and O–H groups in total. The summed E-state index contributed by atoms with van der Waals surface area (Å²) >= 11 is 12.0. The quantitative estimate of drug-likeness (QED) is 0.858. The van der Waals surface area contributed by atoms with Crippen LogP contribution in [0.5, 0.6) is 0 Å². The van der Waals surface area contributed by atoms with Crippen molar-refractivity contribution in [3.05, 3.63) is 33.8 Å². The highest BCUT2D eigenvalue weighted by atomic mass is 35.5. The van der Waals surface area contributed by atoms with Crippen LogP contribution in [0.25, 0.3) is 0 Å². The second-order valence-electron chi connectivity index (χ2n) is 5.48. The van der Waals surface area contributed by atoms with Crippen molar-refractivity contribution in [2.45, 2.75) is 25.8 Å². The minimum Gasteiger partial charge on any atom is -0.317 e. The molecule has 1 aromatic rings. The van der Waals surface area contributed by atoms with Crippen molar-refractivity contribution in [1.82, 2.24) is 10.0 Å². The molecular weight excluding hydrogens is 331 g/mol. The first-order valence-electron chi connectivity index (χ1n) is 7.03. The lowest BCUT2D eigenvalue weighted by Gasteiger charge is -2.23. The van der Waals surface area contributed by atoms with E-state index in [1.807, 2.05) is 0 Å². The van der Waals surface area contributed by atoms with Crippen molar-refractivity contribution in [3.63, 3.8) is 0 Å². The van der Waals surface area contributed by atoms with Gasteiger partial charge in [-0.25, -0.2) is 13.1 Å². The summed E-state index contributed by atoms with van der Waals surface area (Å²) in [6.07, 6.45) is 1.80. The number of piperidine rings is 1. The molecular formula is C14H20Cl2N2O2S. The van der Waals surface area contributed by atoms with Gasteiger partial charge in [-0.15, -0.1) is 0 Å². The van der Waals surface area contributed by atoms with Crippen LogP contribution >= 0.6 is 23.2 Å². The molecule has 1 aliphatic rings. The van der Waals surface area contributed by atoms with Gasteiger partial charge in [0.2, 0.25) is 10.0 Å². The van der Waals surface area contributed by atoms with E-state index in [4.69, 9.17) is 23.2 Å². The summed E-state index contributed by atoms with van der Waals surface area (Å²) in [5, 5.41) is 4.24. The minimum absolute atomic E-state index is 0.171. The molecule has 1 atom stereocenters. The predicted octanol–water partition coefficient (Wildman–Crippen LogP) is 2.97. The summed E-state index contributed by atoms with van der Waals surface area (Å²) in [6.45, 7) is 3.56. The monoisotopic (exact) mass is 350 g/mol. The molecule has 7 heteroatoms. The van der Waals surface area contributed by atoms with Crippen LogP contribution in [0, 0.1) is 5.92 Å². The molecule has 0 saturated carbocycles. The van der Waals surface area contributed by atoms with Crippen molar-refractivity contribution in [3.8, 4) is 0 Å². The first-order chi connectivity index (χ1) is 9.87. The Labute approximate surface area is 136 Å². The van der Waals surface area contributed by atoms with Gasteiger partial charge in [0.05, 0.1) is 5.75 Å². The van der Waals surface area contributed by atoms with Gasteiger partial charge in [-0.1, -0.05) is 29.3 Å². The average molecular weight is 351 g/mol. The number of sulfonamides is 1. The van der Waals surface area contributed by atoms with Gasteiger partial charge >= 0.3 is 0 Å². The summed E-state index contributed by atoms with van der Waals surface area (Å²) < 4.78 is 27.2. The number of hydrogen-bond donors (Lipinski definition) is 2. The largest absolute Gasteiger partial charge is 0.317 e. The van der Waals surface area contributed by atoms with E-state index >= 15 is 0 Å². The van der Waals surface area contributed by atoms with Crippen LogP contribution in [0.15, 0.2) is 18.2 Å². The molecule has 21 heavy (non-hydrogen) atoms. The van der Waals surface area contributed by atoms with E-state index in [0.29, 0.717) is 10.0 Å². The minimum atomic E-state index is -3.32. The van der Waals surface area contributed by atoms with Gasteiger partial charge in [-0.3, -0.25) is 0 Å². The maximum absolute atomic E-state index is 12.3. The van der Waals surface area contributed by atoms with Crippen LogP contribution in [0.1, 0.15) is 31.4 Å². The van der Waals surface area contributed by atoms with Crippen LogP contribution in [-0.2, 0) is 10.0 Å². The zero-order valence-corrected chi connectivity index (χ0v) is 14.2. The molecule has 118 valence electrons. The third kappa shape index (κ3) is 5.11. The number of benzene rings is 1. The maximum Gasteiger partial charge on any atom is 0.212 e. The number of nitrogens with one attached hydrogen (secondary N) is 2. The van der Waals surface area contributed by atoms with Crippen molar-refractivity contribution in [2.24, 2.45) is 5.92 Å². The Morgan fingerprint density at radius 3 is 2.62 bits per heavy atom. The summed E-state index contributed by atoms with van der Waals surface area (Å²) in [5.74, 6) is 0.390. The van der Waals surface area contributed by atoms with E-state index < -0.39 is 10.0 Å². The SMILES string of the molecule is CC(NS(=O)(=O)CC1CCNCC1)c1ccc(Cl)cc1Cl. The van der Waals surface area contributed by atoms with E-state index in [-0.39, 0.29) is 17.7 Å². The van der Waals surface area contributed by atoms with Gasteiger partial charge in [0.1, 0.15) is 0 Å². The van der Waals surface area contributed by atoms with Gasteiger partial charge in [-0.2, -0.15) is 0 Å². The van der Waals surface area contributed by atoms with Crippen LogP contribution in [0.4, 0.5) is 0 Å². The highest BCUT2D eigenvalue weighted by Crippen LogP contribution is 2.27. The highest BCUT2D eigenvalue weighted by Gasteiger charge is 2.23. The summed E-state index contributed by atoms with van der Waals surface area (Å²) in [4.78, 5) is 0. The molecule has 1 aromatic carbocycles. The van der Waals surface area contributed by atoms with Crippen molar-refractivity contribution in [2.75, 3.05) is 18.8 Å². The van der Waals surface area contributed by atoms with Crippen LogP contribution in [-0.4, -0.2) is 27.3 Å². The topological polar surface area (TPSA) is 58.2 Å². The fourth-order valence-corrected chi connectivity index (χ4v) is 4.88. The summed E-state index contributed by atoms with van der Waals surface area (Å²) in [7, 11) is -3.32. The lowest BCUT2D eigenvalue weighted by Crippen LogP contribution is -2.36. The van der Waals surface area contributed by atoms with E-state index in [0.717, 1.165) is 31.5 Å². The smallest absolute Gasteiger partial charge is 0.212 e. The highest BCUT2D eigenvalue weighted by molar-refractivity contribution is 7.89. The van der Waals surface area contributed by atoms with Gasteiger partial charge in [-0.05, 0) is 56.5 Å². The Bertz CT molecular complexity index is 587. The Hall–Kier alpha value is -0.330. The number of rotatable bonds is 5. The molecule has 0 bridgehead atoms. The fraction of sp³-hybridized carbons (Fsp3) is 0.571. The third-order valence-corrected chi connectivity index (χ3v) is 5.88. The Balaban J connectivity index is 2.01. The van der Waals surface area contributed by atoms with Gasteiger partial charge < -0.3 is 5.32 Å². The number of hydrogen-bond acceptors (Lipinski definition) is 3. The molecule has 2 rings (SSSR count). The van der Waals surface area contributed by atoms with E-state index in [9.17, 15) is 8.42 Å². The first kappa shape index (κ1) is 17.0. The molecule has 1 heterocycles. The molecule has 1 saturated heterocycles. The van der Waals surface area contributed by atoms with Crippen molar-refractivity contribution in [1.29, 1.82) is 0 Å². The molecule has 0 aliphatic carbocycles. The van der Waals surface area contributed by atoms with Gasteiger partial charge in [0.15, 0.2) is 0 Å². The Morgan fingerprint density at radius 1 is 1.33 bits per heavy atom. The Kier molecular flexibility index (Phi) is 5.91. The van der Waals surface area contributed by atoms with E-state index in [1.165, 1.54) is 0 Å². The second kappa shape index (κ2) is 7.29. The summed E-state index contributed by atoms with van der Waals surface area (Å²) in [5.41, 5.74) is 0.731. The first-order valence-corrected chi connectivity index (χ1v) is 9.44. The molecule has 1 fully saturated rings. The number of halogens is 2. The molecule has 0 spiro atoms. The lowest BCUT2D eigenvalue weighted by atomic mass is 10.0. The Morgan fingerprint density at radius 2 is 2.00 bits per heavy atom. The molecule has 0 aromatic heterocycles. The fourth-order valence-electron chi connectivity index (χ4n) is 2.59. The third-order valence-electron chi connectivity index (χ3n) is 3.70. The van der Waals surface area contributed by atoms with Crippen LogP contribution < -0.4 is 10.0 Å². The zero-order valence-electron chi connectivity index (χ0n) is 11.9. The van der Waals surface area contributed by atoms with Crippen LogP contribution in [0.2, 0.25) is 10.0 Å². The average Bonchev–Trinajstić information content (AvgIpc) is 2.38.